The highest BCUT2D eigenvalue weighted by atomic mass is 16.5. The Morgan fingerprint density at radius 3 is 2.56 bits per heavy atom. The molecule has 10 nitrogen and oxygen atoms in total. The fourth-order valence-corrected chi connectivity index (χ4v) is 4.89. The predicted molar refractivity (Wildman–Crippen MR) is 137 cm³/mol. The summed E-state index contributed by atoms with van der Waals surface area (Å²) in [5, 5.41) is 3.96. The van der Waals surface area contributed by atoms with E-state index in [1.54, 1.807) is 12.5 Å². The second-order valence-electron chi connectivity index (χ2n) is 9.29. The van der Waals surface area contributed by atoms with Gasteiger partial charge in [-0.25, -0.2) is 19.7 Å². The zero-order chi connectivity index (χ0) is 24.9. The summed E-state index contributed by atoms with van der Waals surface area (Å²) in [4.78, 5) is 41.4. The van der Waals surface area contributed by atoms with Crippen molar-refractivity contribution in [1.29, 1.82) is 0 Å². The molecule has 2 fully saturated rings. The molecule has 0 radical (unpaired) electrons. The lowest BCUT2D eigenvalue weighted by Crippen LogP contribution is -2.40. The summed E-state index contributed by atoms with van der Waals surface area (Å²) < 4.78 is 5.61. The number of benzene rings is 1. The first-order valence-corrected chi connectivity index (χ1v) is 12.5. The van der Waals surface area contributed by atoms with Gasteiger partial charge >= 0.3 is 6.03 Å². The maximum atomic E-state index is 12.8. The number of likely N-dealkylation sites (tertiary alicyclic amines) is 1. The molecular weight excluding hydrogens is 458 g/mol. The first-order chi connectivity index (χ1) is 17.6. The van der Waals surface area contributed by atoms with Crippen LogP contribution >= 0.6 is 0 Å². The number of urea groups is 1. The number of nitrogens with one attached hydrogen (secondary N) is 1. The van der Waals surface area contributed by atoms with Gasteiger partial charge in [-0.3, -0.25) is 4.79 Å². The van der Waals surface area contributed by atoms with Crippen LogP contribution in [0.25, 0.3) is 10.9 Å². The molecule has 0 bridgehead atoms. The first kappa shape index (κ1) is 23.8. The summed E-state index contributed by atoms with van der Waals surface area (Å²) in [5.41, 5.74) is 7.66. The number of piperidine rings is 1. The second-order valence-corrected chi connectivity index (χ2v) is 9.29. The van der Waals surface area contributed by atoms with Crippen molar-refractivity contribution in [3.05, 3.63) is 48.5 Å². The fourth-order valence-electron chi connectivity index (χ4n) is 4.89. The van der Waals surface area contributed by atoms with Gasteiger partial charge in [-0.05, 0) is 49.9 Å². The highest BCUT2D eigenvalue weighted by Gasteiger charge is 2.26. The molecule has 10 heteroatoms. The minimum atomic E-state index is -0.396. The molecule has 3 aromatic rings. The van der Waals surface area contributed by atoms with E-state index >= 15 is 0 Å². The Kier molecular flexibility index (Phi) is 7.11. The zero-order valence-electron chi connectivity index (χ0n) is 20.2. The lowest BCUT2D eigenvalue weighted by Gasteiger charge is -2.32. The van der Waals surface area contributed by atoms with Gasteiger partial charge in [-0.1, -0.05) is 0 Å². The topological polar surface area (TPSA) is 127 Å². The summed E-state index contributed by atoms with van der Waals surface area (Å²) in [7, 11) is 0. The Bertz CT molecular complexity index is 1220. The molecule has 3 N–H and O–H groups in total. The number of carbonyl (C=O) groups is 2. The van der Waals surface area contributed by atoms with Gasteiger partial charge in [-0.15, -0.1) is 0 Å². The lowest BCUT2D eigenvalue weighted by atomic mass is 9.91. The lowest BCUT2D eigenvalue weighted by molar-refractivity contribution is -0.118. The van der Waals surface area contributed by atoms with E-state index in [4.69, 9.17) is 10.5 Å². The molecule has 5 rings (SSSR count). The van der Waals surface area contributed by atoms with Crippen LogP contribution in [0.3, 0.4) is 0 Å². The van der Waals surface area contributed by atoms with Gasteiger partial charge < -0.3 is 25.6 Å². The summed E-state index contributed by atoms with van der Waals surface area (Å²) in [6.07, 6.45) is 7.52. The molecule has 2 aliphatic rings. The number of rotatable bonds is 7. The summed E-state index contributed by atoms with van der Waals surface area (Å²) in [6, 6.07) is 9.47. The molecule has 0 unspecified atom stereocenters. The van der Waals surface area contributed by atoms with E-state index in [1.807, 2.05) is 35.2 Å². The van der Waals surface area contributed by atoms with Crippen LogP contribution in [-0.2, 0) is 4.79 Å². The van der Waals surface area contributed by atoms with Crippen LogP contribution in [0.2, 0.25) is 0 Å². The Labute approximate surface area is 209 Å². The summed E-state index contributed by atoms with van der Waals surface area (Å²) in [6.45, 7) is 3.62. The zero-order valence-corrected chi connectivity index (χ0v) is 20.2. The molecule has 4 heterocycles. The van der Waals surface area contributed by atoms with E-state index in [2.05, 4.69) is 25.2 Å². The number of aromatic nitrogens is 3. The van der Waals surface area contributed by atoms with Crippen LogP contribution in [-0.4, -0.2) is 64.6 Å². The van der Waals surface area contributed by atoms with Crippen molar-refractivity contribution in [2.45, 2.75) is 38.0 Å². The van der Waals surface area contributed by atoms with Gasteiger partial charge in [0.15, 0.2) is 0 Å². The van der Waals surface area contributed by atoms with Gasteiger partial charge in [0.1, 0.15) is 17.9 Å². The van der Waals surface area contributed by atoms with E-state index in [0.29, 0.717) is 24.5 Å². The van der Waals surface area contributed by atoms with Crippen molar-refractivity contribution in [3.63, 3.8) is 0 Å². The molecule has 36 heavy (non-hydrogen) atoms. The highest BCUT2D eigenvalue weighted by molar-refractivity contribution is 5.89. The average Bonchev–Trinajstić information content (AvgIpc) is 3.44. The normalized spacial score (nSPS) is 16.3. The Morgan fingerprint density at radius 2 is 1.83 bits per heavy atom. The monoisotopic (exact) mass is 489 g/mol. The van der Waals surface area contributed by atoms with Crippen molar-refractivity contribution in [3.8, 4) is 5.75 Å². The average molecular weight is 490 g/mol. The first-order valence-electron chi connectivity index (χ1n) is 12.5. The van der Waals surface area contributed by atoms with E-state index in [0.717, 1.165) is 48.3 Å². The smallest absolute Gasteiger partial charge is 0.321 e. The maximum Gasteiger partial charge on any atom is 0.321 e. The number of nitrogens with two attached hydrogens (primary N) is 1. The Hall–Kier alpha value is -3.95. The van der Waals surface area contributed by atoms with Gasteiger partial charge in [0, 0.05) is 43.5 Å². The van der Waals surface area contributed by atoms with E-state index < -0.39 is 5.91 Å². The molecule has 1 aromatic carbocycles. The molecule has 188 valence electrons. The quantitative estimate of drug-likeness (QED) is 0.521. The fraction of sp³-hybridized carbons (Fsp3) is 0.423. The number of hydrogen-bond donors (Lipinski definition) is 2. The number of ether oxygens (including phenoxy) is 1. The number of primary amides is 1. The molecule has 0 spiro atoms. The van der Waals surface area contributed by atoms with Crippen LogP contribution in [0.5, 0.6) is 5.75 Å². The number of fused-ring (bicyclic) bond motifs is 1. The SMILES string of the molecule is NC(=O)CCOc1ccc2c(C3CCN(C(=O)Nc4ccc(N5CCCC5)nc4)CC3)ncnc2c1. The third-order valence-electron chi connectivity index (χ3n) is 6.85. The molecule has 3 amide bonds. The minimum Gasteiger partial charge on any atom is -0.493 e. The number of anilines is 2. The van der Waals surface area contributed by atoms with Gasteiger partial charge in [0.25, 0.3) is 0 Å². The van der Waals surface area contributed by atoms with Crippen LogP contribution in [0, 0.1) is 0 Å². The standard InChI is InChI=1S/C26H31N7O3/c27-23(34)9-14-36-20-4-5-21-22(15-20)29-17-30-25(21)18-7-12-33(13-8-18)26(35)31-19-3-6-24(28-16-19)32-10-1-2-11-32/h3-6,15-18H,1-2,7-14H2,(H2,27,34)(H,31,35). The number of pyridine rings is 1. The molecule has 2 saturated heterocycles. The van der Waals surface area contributed by atoms with E-state index in [1.165, 1.54) is 12.8 Å². The summed E-state index contributed by atoms with van der Waals surface area (Å²) >= 11 is 0. The van der Waals surface area contributed by atoms with E-state index in [9.17, 15) is 9.59 Å². The van der Waals surface area contributed by atoms with Gasteiger partial charge in [-0.2, -0.15) is 0 Å². The maximum absolute atomic E-state index is 12.8. The molecule has 2 aliphatic heterocycles. The van der Waals surface area contributed by atoms with Crippen molar-refractivity contribution in [2.75, 3.05) is 43.0 Å². The van der Waals surface area contributed by atoms with Gasteiger partial charge in [0.2, 0.25) is 5.91 Å². The van der Waals surface area contributed by atoms with Crippen molar-refractivity contribution in [2.24, 2.45) is 5.73 Å². The highest BCUT2D eigenvalue weighted by Crippen LogP contribution is 2.32. The number of nitrogens with zero attached hydrogens (tertiary/aromatic N) is 5. The molecule has 2 aromatic heterocycles. The predicted octanol–water partition coefficient (Wildman–Crippen LogP) is 3.29. The minimum absolute atomic E-state index is 0.102. The number of hydrogen-bond acceptors (Lipinski definition) is 7. The van der Waals surface area contributed by atoms with Crippen LogP contribution < -0.4 is 20.7 Å². The van der Waals surface area contributed by atoms with Crippen LogP contribution in [0.1, 0.15) is 43.7 Å². The molecule has 0 aliphatic carbocycles. The third kappa shape index (κ3) is 5.48. The van der Waals surface area contributed by atoms with Crippen molar-refractivity contribution in [1.82, 2.24) is 19.9 Å². The van der Waals surface area contributed by atoms with Crippen LogP contribution in [0.15, 0.2) is 42.9 Å². The van der Waals surface area contributed by atoms with Crippen molar-refractivity contribution < 1.29 is 14.3 Å². The molecular formula is C26H31N7O3. The van der Waals surface area contributed by atoms with E-state index in [-0.39, 0.29) is 25.0 Å². The number of carbonyl (C=O) groups excluding carboxylic acids is 2. The molecule has 0 saturated carbocycles. The van der Waals surface area contributed by atoms with Crippen molar-refractivity contribution >= 4 is 34.3 Å². The van der Waals surface area contributed by atoms with Gasteiger partial charge in [0.05, 0.1) is 36.1 Å². The third-order valence-corrected chi connectivity index (χ3v) is 6.85. The Balaban J connectivity index is 1.17. The molecule has 0 atom stereocenters. The number of amides is 3. The largest absolute Gasteiger partial charge is 0.493 e. The second kappa shape index (κ2) is 10.8. The Morgan fingerprint density at radius 1 is 1.03 bits per heavy atom. The summed E-state index contributed by atoms with van der Waals surface area (Å²) in [5.74, 6) is 1.45. The van der Waals surface area contributed by atoms with Crippen LogP contribution in [0.4, 0.5) is 16.3 Å².